The normalized spacial score (nSPS) is 13.1. The second kappa shape index (κ2) is 8.63. The van der Waals surface area contributed by atoms with Crippen molar-refractivity contribution < 1.29 is 9.59 Å². The smallest absolute Gasteiger partial charge is 0.256 e. The lowest BCUT2D eigenvalue weighted by Gasteiger charge is -2.10. The molecule has 1 heterocycles. The van der Waals surface area contributed by atoms with E-state index in [1.165, 1.54) is 4.88 Å². The number of thioether (sulfide) groups is 1. The van der Waals surface area contributed by atoms with E-state index in [-0.39, 0.29) is 11.8 Å². The number of carbonyl (C=O) groups excluding carboxylic acids is 2. The summed E-state index contributed by atoms with van der Waals surface area (Å²) in [6.07, 6.45) is 2.12. The molecule has 6 heteroatoms. The Morgan fingerprint density at radius 1 is 0.964 bits per heavy atom. The summed E-state index contributed by atoms with van der Waals surface area (Å²) in [7, 11) is 0. The molecule has 1 aliphatic rings. The van der Waals surface area contributed by atoms with Crippen molar-refractivity contribution in [2.75, 3.05) is 5.32 Å². The van der Waals surface area contributed by atoms with Gasteiger partial charge in [-0.15, -0.1) is 23.1 Å². The predicted molar refractivity (Wildman–Crippen MR) is 115 cm³/mol. The fourth-order valence-corrected chi connectivity index (χ4v) is 4.55. The van der Waals surface area contributed by atoms with Crippen molar-refractivity contribution in [3.8, 4) is 0 Å². The summed E-state index contributed by atoms with van der Waals surface area (Å²) in [4.78, 5) is 27.1. The largest absolute Gasteiger partial charge is 0.349 e. The summed E-state index contributed by atoms with van der Waals surface area (Å²) in [6, 6.07) is 19.1. The topological polar surface area (TPSA) is 58.2 Å². The molecule has 4 nitrogen and oxygen atoms in total. The van der Waals surface area contributed by atoms with Gasteiger partial charge in [-0.25, -0.2) is 0 Å². The van der Waals surface area contributed by atoms with Gasteiger partial charge in [0.2, 0.25) is 0 Å². The molecule has 0 atom stereocenters. The summed E-state index contributed by atoms with van der Waals surface area (Å²) in [5, 5.41) is 7.95. The molecule has 142 valence electrons. The van der Waals surface area contributed by atoms with Crippen LogP contribution in [-0.4, -0.2) is 17.9 Å². The van der Waals surface area contributed by atoms with Crippen LogP contribution in [-0.2, 0) is 5.75 Å². The van der Waals surface area contributed by atoms with Gasteiger partial charge in [-0.3, -0.25) is 9.59 Å². The molecule has 2 N–H and O–H groups in total. The quantitative estimate of drug-likeness (QED) is 0.529. The molecule has 1 saturated carbocycles. The molecule has 2 aromatic carbocycles. The number of anilines is 1. The zero-order valence-corrected chi connectivity index (χ0v) is 16.8. The highest BCUT2D eigenvalue weighted by Gasteiger charge is 2.23. The van der Waals surface area contributed by atoms with E-state index < -0.39 is 0 Å². The van der Waals surface area contributed by atoms with Crippen LogP contribution in [0.15, 0.2) is 70.9 Å². The Hall–Kier alpha value is -2.57. The molecule has 28 heavy (non-hydrogen) atoms. The van der Waals surface area contributed by atoms with Gasteiger partial charge in [0.15, 0.2) is 0 Å². The van der Waals surface area contributed by atoms with Gasteiger partial charge in [0.1, 0.15) is 0 Å². The van der Waals surface area contributed by atoms with Crippen molar-refractivity contribution in [2.45, 2.75) is 29.5 Å². The maximum absolute atomic E-state index is 12.8. The van der Waals surface area contributed by atoms with Crippen LogP contribution in [0.4, 0.5) is 5.69 Å². The number of amides is 2. The van der Waals surface area contributed by atoms with E-state index >= 15 is 0 Å². The van der Waals surface area contributed by atoms with Gasteiger partial charge in [0.05, 0.1) is 5.56 Å². The molecule has 0 bridgehead atoms. The lowest BCUT2D eigenvalue weighted by Crippen LogP contribution is -2.25. The second-order valence-corrected chi connectivity index (χ2v) is 8.69. The number of nitrogens with one attached hydrogen (secondary N) is 2. The molecular weight excluding hydrogens is 388 g/mol. The molecule has 0 radical (unpaired) electrons. The Balaban J connectivity index is 1.41. The Bertz CT molecular complexity index is 964. The molecule has 0 unspecified atom stereocenters. The first kappa shape index (κ1) is 18.8. The zero-order chi connectivity index (χ0) is 19.3. The molecule has 3 aromatic rings. The minimum absolute atomic E-state index is 0.0595. The third-order valence-electron chi connectivity index (χ3n) is 4.40. The first-order valence-corrected chi connectivity index (χ1v) is 11.0. The van der Waals surface area contributed by atoms with Crippen molar-refractivity contribution in [1.29, 1.82) is 0 Å². The van der Waals surface area contributed by atoms with Gasteiger partial charge >= 0.3 is 0 Å². The summed E-state index contributed by atoms with van der Waals surface area (Å²) in [5.41, 5.74) is 1.93. The molecule has 4 rings (SSSR count). The van der Waals surface area contributed by atoms with Crippen LogP contribution in [0.5, 0.6) is 0 Å². The summed E-state index contributed by atoms with van der Waals surface area (Å²) < 4.78 is 0. The first-order valence-electron chi connectivity index (χ1n) is 9.15. The number of carbonyl (C=O) groups is 2. The van der Waals surface area contributed by atoms with E-state index in [9.17, 15) is 9.59 Å². The van der Waals surface area contributed by atoms with Gasteiger partial charge in [0, 0.05) is 32.8 Å². The van der Waals surface area contributed by atoms with Crippen molar-refractivity contribution >= 4 is 40.6 Å². The van der Waals surface area contributed by atoms with Crippen molar-refractivity contribution in [3.63, 3.8) is 0 Å². The number of hydrogen-bond donors (Lipinski definition) is 2. The molecule has 0 saturated heterocycles. The monoisotopic (exact) mass is 408 g/mol. The average molecular weight is 409 g/mol. The van der Waals surface area contributed by atoms with Crippen molar-refractivity contribution in [2.24, 2.45) is 0 Å². The SMILES string of the molecule is O=C(NC1CC1)c1ccc(NC(=O)c2ccccc2SCc2cccs2)cc1. The number of thiophene rings is 1. The second-order valence-electron chi connectivity index (χ2n) is 6.64. The van der Waals surface area contributed by atoms with Crippen LogP contribution in [0.3, 0.4) is 0 Å². The molecule has 1 fully saturated rings. The molecule has 0 aliphatic heterocycles. The van der Waals surface area contributed by atoms with E-state index in [0.717, 1.165) is 23.5 Å². The Morgan fingerprint density at radius 3 is 2.46 bits per heavy atom. The highest BCUT2D eigenvalue weighted by molar-refractivity contribution is 7.98. The van der Waals surface area contributed by atoms with E-state index in [1.54, 1.807) is 47.4 Å². The highest BCUT2D eigenvalue weighted by Crippen LogP contribution is 2.28. The van der Waals surface area contributed by atoms with E-state index in [4.69, 9.17) is 0 Å². The number of benzene rings is 2. The fourth-order valence-electron chi connectivity index (χ4n) is 2.72. The molecule has 2 amide bonds. The van der Waals surface area contributed by atoms with Crippen molar-refractivity contribution in [1.82, 2.24) is 5.32 Å². The Labute approximate surface area is 172 Å². The summed E-state index contributed by atoms with van der Waals surface area (Å²) >= 11 is 3.37. The standard InChI is InChI=1S/C22H20N2O2S2/c25-21(23-17-11-12-17)15-7-9-16(10-8-15)24-22(26)19-5-1-2-6-20(19)28-14-18-4-3-13-27-18/h1-10,13,17H,11-12,14H2,(H,23,25)(H,24,26). The van der Waals surface area contributed by atoms with Gasteiger partial charge < -0.3 is 10.6 Å². The first-order chi connectivity index (χ1) is 13.7. The zero-order valence-electron chi connectivity index (χ0n) is 15.2. The average Bonchev–Trinajstić information content (AvgIpc) is 3.37. The van der Waals surface area contributed by atoms with Crippen LogP contribution >= 0.6 is 23.1 Å². The van der Waals surface area contributed by atoms with Gasteiger partial charge in [0.25, 0.3) is 11.8 Å². The molecule has 1 aliphatic carbocycles. The van der Waals surface area contributed by atoms with Gasteiger partial charge in [-0.05, 0) is 60.7 Å². The number of hydrogen-bond acceptors (Lipinski definition) is 4. The maximum Gasteiger partial charge on any atom is 0.256 e. The van der Waals surface area contributed by atoms with E-state index in [1.807, 2.05) is 30.3 Å². The maximum atomic E-state index is 12.8. The lowest BCUT2D eigenvalue weighted by atomic mass is 10.1. The van der Waals surface area contributed by atoms with Crippen LogP contribution in [0.25, 0.3) is 0 Å². The van der Waals surface area contributed by atoms with Crippen LogP contribution in [0.1, 0.15) is 38.4 Å². The van der Waals surface area contributed by atoms with Crippen molar-refractivity contribution in [3.05, 3.63) is 82.0 Å². The predicted octanol–water partition coefficient (Wildman–Crippen LogP) is 5.18. The van der Waals surface area contributed by atoms with Crippen LogP contribution in [0.2, 0.25) is 0 Å². The van der Waals surface area contributed by atoms with Crippen LogP contribution in [0, 0.1) is 0 Å². The Kier molecular flexibility index (Phi) is 5.78. The Morgan fingerprint density at radius 2 is 1.75 bits per heavy atom. The molecule has 0 spiro atoms. The summed E-state index contributed by atoms with van der Waals surface area (Å²) in [6.45, 7) is 0. The molecule has 1 aromatic heterocycles. The van der Waals surface area contributed by atoms with Gasteiger partial charge in [-0.1, -0.05) is 18.2 Å². The highest BCUT2D eigenvalue weighted by atomic mass is 32.2. The lowest BCUT2D eigenvalue weighted by molar-refractivity contribution is 0.0950. The third-order valence-corrected chi connectivity index (χ3v) is 6.58. The van der Waals surface area contributed by atoms with E-state index in [0.29, 0.717) is 22.9 Å². The van der Waals surface area contributed by atoms with Crippen LogP contribution < -0.4 is 10.6 Å². The molecular formula is C22H20N2O2S2. The summed E-state index contributed by atoms with van der Waals surface area (Å²) in [5.74, 6) is 0.632. The van der Waals surface area contributed by atoms with Gasteiger partial charge in [-0.2, -0.15) is 0 Å². The fraction of sp³-hybridized carbons (Fsp3) is 0.182. The minimum Gasteiger partial charge on any atom is -0.349 e. The third kappa shape index (κ3) is 4.82. The van der Waals surface area contributed by atoms with E-state index in [2.05, 4.69) is 22.1 Å². The minimum atomic E-state index is -0.149. The number of rotatable bonds is 7.